The lowest BCUT2D eigenvalue weighted by atomic mass is 10.1. The van der Waals surface area contributed by atoms with Crippen molar-refractivity contribution in [2.45, 2.75) is 18.2 Å². The van der Waals surface area contributed by atoms with Gasteiger partial charge in [0.25, 0.3) is 0 Å². The number of hydrogen-bond acceptors (Lipinski definition) is 1. The summed E-state index contributed by atoms with van der Waals surface area (Å²) in [6.45, 7) is 1.85. The molecule has 0 amide bonds. The second kappa shape index (κ2) is 4.73. The van der Waals surface area contributed by atoms with Crippen LogP contribution in [0.3, 0.4) is 0 Å². The van der Waals surface area contributed by atoms with E-state index in [-0.39, 0.29) is 16.1 Å². The third-order valence-corrected chi connectivity index (χ3v) is 3.07. The summed E-state index contributed by atoms with van der Waals surface area (Å²) in [7, 11) is 1.37. The third kappa shape index (κ3) is 2.23. The molecule has 0 aliphatic rings. The Morgan fingerprint density at radius 2 is 1.86 bits per heavy atom. The molecule has 0 N–H and O–H groups in total. The molecule has 4 heteroatoms. The zero-order valence-electron chi connectivity index (χ0n) is 7.98. The van der Waals surface area contributed by atoms with Crippen LogP contribution in [0.25, 0.3) is 0 Å². The van der Waals surface area contributed by atoms with Crippen LogP contribution in [0.4, 0.5) is 8.78 Å². The van der Waals surface area contributed by atoms with Gasteiger partial charge in [-0.25, -0.2) is 8.78 Å². The van der Waals surface area contributed by atoms with E-state index < -0.39 is 11.6 Å². The van der Waals surface area contributed by atoms with Gasteiger partial charge in [0.05, 0.1) is 7.11 Å². The predicted molar refractivity (Wildman–Crippen MR) is 54.9 cm³/mol. The van der Waals surface area contributed by atoms with Crippen LogP contribution in [-0.2, 0) is 0 Å². The molecule has 0 heterocycles. The molecule has 0 bridgehead atoms. The molecule has 0 radical (unpaired) electrons. The van der Waals surface area contributed by atoms with E-state index in [1.165, 1.54) is 19.2 Å². The van der Waals surface area contributed by atoms with E-state index in [1.807, 2.05) is 6.92 Å². The first-order valence-corrected chi connectivity index (χ1v) is 5.18. The molecule has 1 rings (SSSR count). The van der Waals surface area contributed by atoms with Crippen LogP contribution in [0, 0.1) is 11.6 Å². The van der Waals surface area contributed by atoms with E-state index in [9.17, 15) is 8.78 Å². The number of alkyl halides is 1. The van der Waals surface area contributed by atoms with E-state index in [0.717, 1.165) is 0 Å². The summed E-state index contributed by atoms with van der Waals surface area (Å²) in [5.74, 6) is -0.962. The summed E-state index contributed by atoms with van der Waals surface area (Å²) < 4.78 is 31.5. The number of hydrogen-bond donors (Lipinski definition) is 0. The zero-order valence-corrected chi connectivity index (χ0v) is 9.57. The lowest BCUT2D eigenvalue weighted by Gasteiger charge is -2.11. The molecule has 0 saturated carbocycles. The summed E-state index contributed by atoms with van der Waals surface area (Å²) in [6, 6.07) is 2.37. The molecule has 1 aromatic carbocycles. The largest absolute Gasteiger partial charge is 0.497 e. The first-order valence-electron chi connectivity index (χ1n) is 4.27. The Balaban J connectivity index is 3.18. The highest BCUT2D eigenvalue weighted by molar-refractivity contribution is 9.09. The molecule has 0 saturated heterocycles. The maximum atomic E-state index is 13.4. The highest BCUT2D eigenvalue weighted by Crippen LogP contribution is 2.32. The van der Waals surface area contributed by atoms with Crippen molar-refractivity contribution in [3.63, 3.8) is 0 Å². The van der Waals surface area contributed by atoms with Crippen molar-refractivity contribution in [2.75, 3.05) is 7.11 Å². The van der Waals surface area contributed by atoms with Gasteiger partial charge < -0.3 is 4.74 Å². The second-order valence-electron chi connectivity index (χ2n) is 2.88. The van der Waals surface area contributed by atoms with Crippen LogP contribution in [0.2, 0.25) is 0 Å². The van der Waals surface area contributed by atoms with Crippen molar-refractivity contribution in [1.29, 1.82) is 0 Å². The molecular weight excluding hydrogens is 254 g/mol. The summed E-state index contributed by atoms with van der Waals surface area (Å²) in [4.78, 5) is -0.298. The lowest BCUT2D eigenvalue weighted by Crippen LogP contribution is -1.99. The van der Waals surface area contributed by atoms with Crippen molar-refractivity contribution < 1.29 is 13.5 Å². The second-order valence-corrected chi connectivity index (χ2v) is 3.99. The van der Waals surface area contributed by atoms with Crippen LogP contribution in [0.5, 0.6) is 5.75 Å². The van der Waals surface area contributed by atoms with Crippen LogP contribution in [0.1, 0.15) is 23.7 Å². The van der Waals surface area contributed by atoms with Gasteiger partial charge in [0, 0.05) is 22.5 Å². The molecular formula is C10H11BrF2O. The van der Waals surface area contributed by atoms with Gasteiger partial charge in [-0.05, 0) is 6.42 Å². The van der Waals surface area contributed by atoms with Gasteiger partial charge in [-0.15, -0.1) is 0 Å². The maximum absolute atomic E-state index is 13.4. The van der Waals surface area contributed by atoms with Crippen molar-refractivity contribution in [3.05, 3.63) is 29.3 Å². The summed E-state index contributed by atoms with van der Waals surface area (Å²) in [5.41, 5.74) is 0.0632. The van der Waals surface area contributed by atoms with Gasteiger partial charge in [-0.1, -0.05) is 22.9 Å². The minimum atomic E-state index is -0.578. The normalized spacial score (nSPS) is 12.6. The zero-order chi connectivity index (χ0) is 10.7. The molecule has 1 nitrogen and oxygen atoms in total. The standard InChI is InChI=1S/C10H11BrF2O/c1-3-7(11)10-8(12)4-6(14-2)5-9(10)13/h4-5,7H,3H2,1-2H3. The third-order valence-electron chi connectivity index (χ3n) is 1.96. The molecule has 1 atom stereocenters. The van der Waals surface area contributed by atoms with Gasteiger partial charge in [-0.3, -0.25) is 0 Å². The summed E-state index contributed by atoms with van der Waals surface area (Å²) in [6.07, 6.45) is 0.625. The fourth-order valence-electron chi connectivity index (χ4n) is 1.18. The average molecular weight is 265 g/mol. The van der Waals surface area contributed by atoms with E-state index in [1.54, 1.807) is 0 Å². The number of benzene rings is 1. The van der Waals surface area contributed by atoms with Gasteiger partial charge >= 0.3 is 0 Å². The van der Waals surface area contributed by atoms with Crippen LogP contribution >= 0.6 is 15.9 Å². The highest BCUT2D eigenvalue weighted by Gasteiger charge is 2.17. The van der Waals surface area contributed by atoms with E-state index in [2.05, 4.69) is 15.9 Å². The van der Waals surface area contributed by atoms with Gasteiger partial charge in [0.2, 0.25) is 0 Å². The topological polar surface area (TPSA) is 9.23 Å². The van der Waals surface area contributed by atoms with E-state index >= 15 is 0 Å². The first kappa shape index (κ1) is 11.4. The molecule has 1 unspecified atom stereocenters. The monoisotopic (exact) mass is 264 g/mol. The molecule has 0 spiro atoms. The molecule has 14 heavy (non-hydrogen) atoms. The number of methoxy groups -OCH3 is 1. The molecule has 78 valence electrons. The van der Waals surface area contributed by atoms with Gasteiger partial charge in [-0.2, -0.15) is 0 Å². The Morgan fingerprint density at radius 1 is 1.36 bits per heavy atom. The highest BCUT2D eigenvalue weighted by atomic mass is 79.9. The molecule has 0 fully saturated rings. The van der Waals surface area contributed by atoms with Crippen molar-refractivity contribution in [3.8, 4) is 5.75 Å². The fourth-order valence-corrected chi connectivity index (χ4v) is 1.62. The van der Waals surface area contributed by atoms with Crippen molar-refractivity contribution in [1.82, 2.24) is 0 Å². The Bertz CT molecular complexity index is 305. The molecule has 0 aromatic heterocycles. The minimum absolute atomic E-state index is 0.0632. The lowest BCUT2D eigenvalue weighted by molar-refractivity contribution is 0.405. The SMILES string of the molecule is CCC(Br)c1c(F)cc(OC)cc1F. The van der Waals surface area contributed by atoms with Crippen LogP contribution < -0.4 is 4.74 Å². The predicted octanol–water partition coefficient (Wildman–Crippen LogP) is 3.82. The smallest absolute Gasteiger partial charge is 0.134 e. The van der Waals surface area contributed by atoms with E-state index in [0.29, 0.717) is 6.42 Å². The van der Waals surface area contributed by atoms with Crippen molar-refractivity contribution in [2.24, 2.45) is 0 Å². The fraction of sp³-hybridized carbons (Fsp3) is 0.400. The average Bonchev–Trinajstić information content (AvgIpc) is 2.16. The Hall–Kier alpha value is -0.640. The molecule has 0 aliphatic carbocycles. The number of halogens is 3. The molecule has 0 aliphatic heterocycles. The Morgan fingerprint density at radius 3 is 2.21 bits per heavy atom. The van der Waals surface area contributed by atoms with Crippen LogP contribution in [0.15, 0.2) is 12.1 Å². The molecule has 1 aromatic rings. The maximum Gasteiger partial charge on any atom is 0.134 e. The Labute approximate surface area is 90.2 Å². The Kier molecular flexibility index (Phi) is 3.86. The quantitative estimate of drug-likeness (QED) is 0.755. The van der Waals surface area contributed by atoms with Crippen molar-refractivity contribution >= 4 is 15.9 Å². The van der Waals surface area contributed by atoms with E-state index in [4.69, 9.17) is 4.74 Å². The summed E-state index contributed by atoms with van der Waals surface area (Å²) >= 11 is 3.21. The van der Waals surface area contributed by atoms with Gasteiger partial charge in [0.15, 0.2) is 0 Å². The number of rotatable bonds is 3. The first-order chi connectivity index (χ1) is 6.60. The minimum Gasteiger partial charge on any atom is -0.497 e. The summed E-state index contributed by atoms with van der Waals surface area (Å²) in [5, 5.41) is 0. The van der Waals surface area contributed by atoms with Crippen LogP contribution in [-0.4, -0.2) is 7.11 Å². The number of ether oxygens (including phenoxy) is 1. The van der Waals surface area contributed by atoms with Gasteiger partial charge in [0.1, 0.15) is 17.4 Å².